The van der Waals surface area contributed by atoms with Crippen LogP contribution in [0.3, 0.4) is 0 Å². The Labute approximate surface area is 292 Å². The van der Waals surface area contributed by atoms with E-state index in [0.29, 0.717) is 30.1 Å². The minimum Gasteiger partial charge on any atom is -0.481 e. The SMILES string of the molecule is CCN(CC)CCN(C)CCN(CC)C[C@@H]1O[C@@H](C23C[C@@H]4[C@H](C)CC[C@H]4C4(C=O)CC2C=C(C(C)C)[C@]43C(=O)O)C[C@H]1C1CCCCC1. The van der Waals surface area contributed by atoms with Crippen molar-refractivity contribution >= 4 is 12.3 Å². The molecule has 0 aromatic heterocycles. The molecule has 10 atom stereocenters. The van der Waals surface area contributed by atoms with E-state index in [4.69, 9.17) is 4.74 Å². The summed E-state index contributed by atoms with van der Waals surface area (Å²) in [7, 11) is 2.25. The van der Waals surface area contributed by atoms with E-state index in [1.165, 1.54) is 38.4 Å². The van der Waals surface area contributed by atoms with Crippen LogP contribution in [0.25, 0.3) is 0 Å². The summed E-state index contributed by atoms with van der Waals surface area (Å²) in [4.78, 5) is 35.5. The monoisotopic (exact) mass is 668 g/mol. The zero-order valence-electron chi connectivity index (χ0n) is 31.6. The highest BCUT2D eigenvalue weighted by Gasteiger charge is 2.86. The lowest BCUT2D eigenvalue weighted by Crippen LogP contribution is -2.65. The Kier molecular flexibility index (Phi) is 10.9. The number of ether oxygens (including phenoxy) is 1. The first-order valence-corrected chi connectivity index (χ1v) is 20.2. The quantitative estimate of drug-likeness (QED) is 0.142. The van der Waals surface area contributed by atoms with E-state index in [2.05, 4.69) is 69.4 Å². The zero-order valence-corrected chi connectivity index (χ0v) is 31.6. The summed E-state index contributed by atoms with van der Waals surface area (Å²) in [5.41, 5.74) is -1.47. The maximum Gasteiger partial charge on any atom is 0.315 e. The fraction of sp³-hybridized carbons (Fsp3) is 0.902. The number of hydrogen-bond acceptors (Lipinski definition) is 6. The second-order valence-corrected chi connectivity index (χ2v) is 17.6. The number of fused-ring (bicyclic) bond motifs is 2. The molecule has 272 valence electrons. The molecule has 0 spiro atoms. The summed E-state index contributed by atoms with van der Waals surface area (Å²) in [6, 6.07) is 0. The largest absolute Gasteiger partial charge is 0.481 e. The van der Waals surface area contributed by atoms with Crippen LogP contribution in [0.15, 0.2) is 11.6 Å². The molecule has 6 rings (SSSR count). The van der Waals surface area contributed by atoms with Crippen molar-refractivity contribution in [1.29, 1.82) is 0 Å². The highest BCUT2D eigenvalue weighted by molar-refractivity contribution is 5.90. The van der Waals surface area contributed by atoms with Crippen LogP contribution in [0.5, 0.6) is 0 Å². The van der Waals surface area contributed by atoms with Crippen molar-refractivity contribution in [3.63, 3.8) is 0 Å². The lowest BCUT2D eigenvalue weighted by Gasteiger charge is -2.60. The van der Waals surface area contributed by atoms with E-state index >= 15 is 0 Å². The lowest BCUT2D eigenvalue weighted by atomic mass is 9.41. The summed E-state index contributed by atoms with van der Waals surface area (Å²) < 4.78 is 7.52. The van der Waals surface area contributed by atoms with Gasteiger partial charge < -0.3 is 24.4 Å². The average molecular weight is 668 g/mol. The van der Waals surface area contributed by atoms with Crippen molar-refractivity contribution in [2.75, 3.05) is 59.4 Å². The average Bonchev–Trinajstić information content (AvgIpc) is 3.80. The molecular weight excluding hydrogens is 598 g/mol. The molecular formula is C41H69N3O4. The molecule has 4 bridgehead atoms. The standard InChI is InChI=1S/C41H69N3O4/c1-8-43(9-2)20-18-42(7)19-21-44(10-3)26-36-32(30-14-12-11-13-15-30)23-37(48-36)40-25-33-29(6)16-17-34(33)39(27-45)24-31(40)22-35(28(4)5)41(39,40)38(46)47/h22,27-34,36-37H,8-21,23-26H2,1-7H3,(H,46,47)/t29-,31?,32+,33-,34-,36+,37-,39?,40?,41+/m1/s1. The van der Waals surface area contributed by atoms with Crippen molar-refractivity contribution < 1.29 is 19.4 Å². The maximum absolute atomic E-state index is 14.2. The molecule has 0 aromatic rings. The minimum absolute atomic E-state index is 0.0983. The summed E-state index contributed by atoms with van der Waals surface area (Å²) >= 11 is 0. The summed E-state index contributed by atoms with van der Waals surface area (Å²) in [5.74, 6) is 1.67. The van der Waals surface area contributed by atoms with E-state index in [0.717, 1.165) is 83.6 Å². The third kappa shape index (κ3) is 5.50. The zero-order chi connectivity index (χ0) is 34.4. The normalized spacial score (nSPS) is 40.8. The van der Waals surface area contributed by atoms with Gasteiger partial charge in [0.2, 0.25) is 0 Å². The van der Waals surface area contributed by atoms with Crippen LogP contribution in [0, 0.1) is 57.7 Å². The third-order valence-electron chi connectivity index (χ3n) is 15.5. The molecule has 7 nitrogen and oxygen atoms in total. The summed E-state index contributed by atoms with van der Waals surface area (Å²) in [6.07, 6.45) is 14.7. The number of carbonyl (C=O) groups is 2. The highest BCUT2D eigenvalue weighted by atomic mass is 16.5. The first kappa shape index (κ1) is 36.5. The predicted octanol–water partition coefficient (Wildman–Crippen LogP) is 6.86. The van der Waals surface area contributed by atoms with E-state index < -0.39 is 22.2 Å². The predicted molar refractivity (Wildman–Crippen MR) is 193 cm³/mol. The molecule has 7 heteroatoms. The molecule has 1 aliphatic heterocycles. The Bertz CT molecular complexity index is 1180. The van der Waals surface area contributed by atoms with Crippen molar-refractivity contribution in [1.82, 2.24) is 14.7 Å². The number of carbonyl (C=O) groups excluding carboxylic acids is 1. The van der Waals surface area contributed by atoms with Crippen molar-refractivity contribution in [2.24, 2.45) is 57.7 Å². The van der Waals surface area contributed by atoms with Gasteiger partial charge in [0.05, 0.1) is 17.6 Å². The molecule has 1 heterocycles. The van der Waals surface area contributed by atoms with Gasteiger partial charge in [0, 0.05) is 38.1 Å². The Morgan fingerprint density at radius 3 is 2.23 bits per heavy atom. The number of nitrogens with zero attached hydrogens (tertiary/aromatic N) is 3. The molecule has 0 amide bonds. The number of aliphatic carboxylic acids is 1. The second kappa shape index (κ2) is 14.4. The van der Waals surface area contributed by atoms with E-state index in [1.807, 2.05) is 0 Å². The van der Waals surface area contributed by atoms with Gasteiger partial charge in [-0.15, -0.1) is 0 Å². The van der Waals surface area contributed by atoms with Crippen molar-refractivity contribution in [3.05, 3.63) is 11.6 Å². The van der Waals surface area contributed by atoms with Gasteiger partial charge in [-0.25, -0.2) is 0 Å². The number of aldehydes is 1. The Hall–Kier alpha value is -1.28. The molecule has 1 saturated heterocycles. The Morgan fingerprint density at radius 1 is 0.958 bits per heavy atom. The van der Waals surface area contributed by atoms with Gasteiger partial charge in [-0.05, 0) is 93.8 Å². The summed E-state index contributed by atoms with van der Waals surface area (Å²) in [6.45, 7) is 21.8. The number of carboxylic acid groups (broad SMARTS) is 1. The maximum atomic E-state index is 14.2. The highest BCUT2D eigenvalue weighted by Crippen LogP contribution is 2.84. The van der Waals surface area contributed by atoms with E-state index in [1.54, 1.807) is 0 Å². The van der Waals surface area contributed by atoms with Gasteiger partial charge in [-0.2, -0.15) is 0 Å². The number of rotatable bonds is 16. The number of hydrogen-bond donors (Lipinski definition) is 1. The third-order valence-corrected chi connectivity index (χ3v) is 15.5. The van der Waals surface area contributed by atoms with Crippen molar-refractivity contribution in [2.45, 2.75) is 118 Å². The molecule has 6 aliphatic rings. The van der Waals surface area contributed by atoms with Crippen LogP contribution in [-0.4, -0.2) is 104 Å². The Balaban J connectivity index is 1.31. The topological polar surface area (TPSA) is 73.3 Å². The summed E-state index contributed by atoms with van der Waals surface area (Å²) in [5, 5.41) is 11.6. The van der Waals surface area contributed by atoms with Crippen LogP contribution in [-0.2, 0) is 14.3 Å². The van der Waals surface area contributed by atoms with Gasteiger partial charge in [0.1, 0.15) is 11.7 Å². The molecule has 5 fully saturated rings. The van der Waals surface area contributed by atoms with Crippen LogP contribution < -0.4 is 0 Å². The van der Waals surface area contributed by atoms with E-state index in [9.17, 15) is 14.7 Å². The Morgan fingerprint density at radius 2 is 1.62 bits per heavy atom. The number of likely N-dealkylation sites (N-methyl/N-ethyl adjacent to an activating group) is 3. The first-order chi connectivity index (χ1) is 23.0. The lowest BCUT2D eigenvalue weighted by molar-refractivity contribution is -0.197. The van der Waals surface area contributed by atoms with Gasteiger partial charge in [0.15, 0.2) is 0 Å². The van der Waals surface area contributed by atoms with E-state index in [-0.39, 0.29) is 30.0 Å². The molecule has 0 aromatic carbocycles. The molecule has 5 aliphatic carbocycles. The molecule has 4 saturated carbocycles. The minimum atomic E-state index is -1.15. The van der Waals surface area contributed by atoms with Gasteiger partial charge in [-0.3, -0.25) is 9.69 Å². The number of carboxylic acids is 1. The fourth-order valence-electron chi connectivity index (χ4n) is 13.1. The number of allylic oxidation sites excluding steroid dienone is 1. The second-order valence-electron chi connectivity index (χ2n) is 17.6. The van der Waals surface area contributed by atoms with Crippen LogP contribution >= 0.6 is 0 Å². The molecule has 3 unspecified atom stereocenters. The molecule has 1 N–H and O–H groups in total. The van der Waals surface area contributed by atoms with Gasteiger partial charge in [-0.1, -0.05) is 91.7 Å². The smallest absolute Gasteiger partial charge is 0.315 e. The van der Waals surface area contributed by atoms with Gasteiger partial charge in [0.25, 0.3) is 0 Å². The molecule has 0 radical (unpaired) electrons. The van der Waals surface area contributed by atoms with Crippen molar-refractivity contribution in [3.8, 4) is 0 Å². The molecule has 48 heavy (non-hydrogen) atoms. The van der Waals surface area contributed by atoms with Gasteiger partial charge >= 0.3 is 5.97 Å². The van der Waals surface area contributed by atoms with Crippen LogP contribution in [0.2, 0.25) is 0 Å². The van der Waals surface area contributed by atoms with Crippen LogP contribution in [0.4, 0.5) is 0 Å². The van der Waals surface area contributed by atoms with Crippen LogP contribution in [0.1, 0.15) is 106 Å². The fourth-order valence-corrected chi connectivity index (χ4v) is 13.1. The first-order valence-electron chi connectivity index (χ1n) is 20.2.